The lowest BCUT2D eigenvalue weighted by atomic mass is 10.4. The Morgan fingerprint density at radius 2 is 2.55 bits per heavy atom. The molecule has 0 aliphatic carbocycles. The molecule has 1 aliphatic heterocycles. The van der Waals surface area contributed by atoms with Crippen LogP contribution in [0.15, 0.2) is 0 Å². The van der Waals surface area contributed by atoms with E-state index in [4.69, 9.17) is 16.3 Å². The van der Waals surface area contributed by atoms with Crippen LogP contribution in [0.25, 0.3) is 0 Å². The summed E-state index contributed by atoms with van der Waals surface area (Å²) in [5, 5.41) is -0.00662. The average molecular weight is 178 g/mol. The summed E-state index contributed by atoms with van der Waals surface area (Å²) in [5.74, 6) is 0. The van der Waals surface area contributed by atoms with Crippen LogP contribution in [0.3, 0.4) is 0 Å². The molecule has 2 atom stereocenters. The molecule has 0 bridgehead atoms. The van der Waals surface area contributed by atoms with Crippen LogP contribution in [-0.2, 0) is 4.74 Å². The second kappa shape index (κ2) is 3.30. The zero-order chi connectivity index (χ0) is 8.43. The molecule has 4 heteroatoms. The fourth-order valence-corrected chi connectivity index (χ4v) is 1.29. The normalized spacial score (nSPS) is 27.0. The van der Waals surface area contributed by atoms with E-state index in [-0.39, 0.29) is 17.6 Å². The number of carbonyl (C=O) groups excluding carboxylic acids is 1. The van der Waals surface area contributed by atoms with Crippen molar-refractivity contribution < 1.29 is 9.53 Å². The Labute approximate surface area is 71.3 Å². The van der Waals surface area contributed by atoms with E-state index in [1.807, 2.05) is 13.8 Å². The number of hydrogen-bond donors (Lipinski definition) is 0. The topological polar surface area (TPSA) is 29.5 Å². The van der Waals surface area contributed by atoms with Crippen molar-refractivity contribution in [1.29, 1.82) is 0 Å². The number of amides is 1. The van der Waals surface area contributed by atoms with Gasteiger partial charge in [-0.15, -0.1) is 11.6 Å². The van der Waals surface area contributed by atoms with Crippen LogP contribution >= 0.6 is 11.6 Å². The van der Waals surface area contributed by atoms with Gasteiger partial charge < -0.3 is 9.64 Å². The number of nitrogens with zero attached hydrogens (tertiary/aromatic N) is 1. The minimum absolute atomic E-state index is 0.00662. The van der Waals surface area contributed by atoms with Crippen molar-refractivity contribution >= 4 is 17.7 Å². The molecule has 1 rings (SSSR count). The summed E-state index contributed by atoms with van der Waals surface area (Å²) in [6.45, 7) is 4.97. The third-order valence-electron chi connectivity index (χ3n) is 1.51. The van der Waals surface area contributed by atoms with Crippen molar-refractivity contribution in [2.45, 2.75) is 25.3 Å². The van der Waals surface area contributed by atoms with Crippen molar-refractivity contribution in [3.8, 4) is 0 Å². The minimum atomic E-state index is -0.245. The van der Waals surface area contributed by atoms with Crippen LogP contribution in [0.2, 0.25) is 0 Å². The predicted octanol–water partition coefficient (Wildman–Crippen LogP) is 1.45. The molecule has 1 amide bonds. The first kappa shape index (κ1) is 8.65. The van der Waals surface area contributed by atoms with Gasteiger partial charge in [0.05, 0.1) is 6.54 Å². The van der Waals surface area contributed by atoms with E-state index >= 15 is 0 Å². The third kappa shape index (κ3) is 2.26. The van der Waals surface area contributed by atoms with Crippen LogP contribution in [-0.4, -0.2) is 35.6 Å². The van der Waals surface area contributed by atoms with Gasteiger partial charge in [0, 0.05) is 11.9 Å². The first-order chi connectivity index (χ1) is 5.09. The maximum absolute atomic E-state index is 11.0. The Hall–Kier alpha value is -0.440. The summed E-state index contributed by atoms with van der Waals surface area (Å²) in [5.41, 5.74) is 0. The van der Waals surface area contributed by atoms with Gasteiger partial charge in [0.2, 0.25) is 0 Å². The van der Waals surface area contributed by atoms with Crippen LogP contribution in [0.4, 0.5) is 4.79 Å². The molecule has 3 nitrogen and oxygen atoms in total. The number of cyclic esters (lactones) is 1. The third-order valence-corrected chi connectivity index (χ3v) is 1.65. The quantitative estimate of drug-likeness (QED) is 0.598. The lowest BCUT2D eigenvalue weighted by molar-refractivity contribution is 0.138. The Morgan fingerprint density at radius 1 is 1.91 bits per heavy atom. The summed E-state index contributed by atoms with van der Waals surface area (Å²) in [7, 11) is 0. The maximum atomic E-state index is 11.0. The van der Waals surface area contributed by atoms with Gasteiger partial charge in [-0.2, -0.15) is 0 Å². The van der Waals surface area contributed by atoms with Crippen LogP contribution < -0.4 is 0 Å². The second-order valence-electron chi connectivity index (χ2n) is 2.88. The molecular weight excluding hydrogens is 166 g/mol. The number of carbonyl (C=O) groups is 1. The molecule has 0 aromatic rings. The number of rotatable bonds is 2. The van der Waals surface area contributed by atoms with Gasteiger partial charge in [-0.1, -0.05) is 0 Å². The zero-order valence-electron chi connectivity index (χ0n) is 6.71. The van der Waals surface area contributed by atoms with E-state index in [0.29, 0.717) is 13.1 Å². The molecule has 1 saturated heterocycles. The first-order valence-electron chi connectivity index (χ1n) is 3.69. The average Bonchev–Trinajstić information content (AvgIpc) is 2.09. The largest absolute Gasteiger partial charge is 0.445 e. The maximum Gasteiger partial charge on any atom is 0.410 e. The first-order valence-corrected chi connectivity index (χ1v) is 4.13. The molecule has 0 saturated carbocycles. The number of alkyl halides is 1. The summed E-state index contributed by atoms with van der Waals surface area (Å²) in [4.78, 5) is 12.6. The molecule has 1 fully saturated rings. The number of hydrogen-bond acceptors (Lipinski definition) is 2. The molecule has 0 aromatic heterocycles. The zero-order valence-corrected chi connectivity index (χ0v) is 7.47. The highest BCUT2D eigenvalue weighted by Gasteiger charge is 2.28. The Kier molecular flexibility index (Phi) is 2.60. The van der Waals surface area contributed by atoms with Crippen LogP contribution in [0.1, 0.15) is 13.8 Å². The Balaban J connectivity index is 2.41. The highest BCUT2D eigenvalue weighted by Crippen LogP contribution is 2.11. The van der Waals surface area contributed by atoms with E-state index in [0.717, 1.165) is 0 Å². The van der Waals surface area contributed by atoms with E-state index in [9.17, 15) is 4.79 Å². The summed E-state index contributed by atoms with van der Waals surface area (Å²) >= 11 is 5.72. The van der Waals surface area contributed by atoms with E-state index in [1.54, 1.807) is 4.90 Å². The van der Waals surface area contributed by atoms with Gasteiger partial charge in [-0.05, 0) is 13.8 Å². The van der Waals surface area contributed by atoms with E-state index < -0.39 is 0 Å². The van der Waals surface area contributed by atoms with E-state index in [1.165, 1.54) is 0 Å². The van der Waals surface area contributed by atoms with Crippen molar-refractivity contribution in [2.75, 3.05) is 13.1 Å². The Bertz CT molecular complexity index is 161. The van der Waals surface area contributed by atoms with E-state index in [2.05, 4.69) is 0 Å². The highest BCUT2D eigenvalue weighted by atomic mass is 35.5. The highest BCUT2D eigenvalue weighted by molar-refractivity contribution is 6.20. The van der Waals surface area contributed by atoms with Gasteiger partial charge in [-0.25, -0.2) is 4.79 Å². The predicted molar refractivity (Wildman–Crippen MR) is 42.8 cm³/mol. The summed E-state index contributed by atoms with van der Waals surface area (Å²) in [6.07, 6.45) is -0.233. The molecular formula is C7H12ClNO2. The second-order valence-corrected chi connectivity index (χ2v) is 3.63. The van der Waals surface area contributed by atoms with Crippen molar-refractivity contribution in [3.05, 3.63) is 0 Å². The molecule has 0 N–H and O–H groups in total. The molecule has 64 valence electrons. The smallest absolute Gasteiger partial charge is 0.410 e. The molecule has 1 heterocycles. The lowest BCUT2D eigenvalue weighted by Gasteiger charge is -2.13. The molecule has 0 spiro atoms. The molecule has 11 heavy (non-hydrogen) atoms. The van der Waals surface area contributed by atoms with Gasteiger partial charge in [0.1, 0.15) is 6.10 Å². The molecule has 0 radical (unpaired) electrons. The monoisotopic (exact) mass is 177 g/mol. The van der Waals surface area contributed by atoms with Gasteiger partial charge in [0.25, 0.3) is 0 Å². The lowest BCUT2D eigenvalue weighted by Crippen LogP contribution is -2.30. The standard InChI is InChI=1S/C7H12ClNO2/c1-5(8)3-9-4-6(2)11-7(9)10/h5-6H,3-4H2,1-2H3. The van der Waals surface area contributed by atoms with Crippen molar-refractivity contribution in [3.63, 3.8) is 0 Å². The fraction of sp³-hybridized carbons (Fsp3) is 0.857. The van der Waals surface area contributed by atoms with Crippen molar-refractivity contribution in [1.82, 2.24) is 4.90 Å². The number of halogens is 1. The fourth-order valence-electron chi connectivity index (χ4n) is 1.12. The summed E-state index contributed by atoms with van der Waals surface area (Å²) in [6, 6.07) is 0. The SMILES string of the molecule is CC(Cl)CN1CC(C)OC1=O. The van der Waals surface area contributed by atoms with Gasteiger partial charge >= 0.3 is 6.09 Å². The molecule has 2 unspecified atom stereocenters. The number of ether oxygens (including phenoxy) is 1. The van der Waals surface area contributed by atoms with Crippen LogP contribution in [0, 0.1) is 0 Å². The summed E-state index contributed by atoms with van der Waals surface area (Å²) < 4.78 is 4.90. The minimum Gasteiger partial charge on any atom is -0.445 e. The van der Waals surface area contributed by atoms with Gasteiger partial charge in [-0.3, -0.25) is 0 Å². The Morgan fingerprint density at radius 3 is 2.91 bits per heavy atom. The molecule has 1 aliphatic rings. The molecule has 0 aromatic carbocycles. The van der Waals surface area contributed by atoms with Crippen molar-refractivity contribution in [2.24, 2.45) is 0 Å². The van der Waals surface area contributed by atoms with Crippen LogP contribution in [0.5, 0.6) is 0 Å². The van der Waals surface area contributed by atoms with Gasteiger partial charge in [0.15, 0.2) is 0 Å².